The molecule has 2 rings (SSSR count). The van der Waals surface area contributed by atoms with E-state index in [1.165, 1.54) is 7.11 Å². The smallest absolute Gasteiger partial charge is 0.234 e. The van der Waals surface area contributed by atoms with Crippen LogP contribution >= 0.6 is 15.9 Å². The fraction of sp³-hybridized carbons (Fsp3) is 0.308. The van der Waals surface area contributed by atoms with Crippen LogP contribution in [0.25, 0.3) is 0 Å². The maximum absolute atomic E-state index is 11.4. The highest BCUT2D eigenvalue weighted by atomic mass is 79.9. The van der Waals surface area contributed by atoms with Crippen LogP contribution < -0.4 is 0 Å². The Morgan fingerprint density at radius 3 is 3.05 bits per heavy atom. The highest BCUT2D eigenvalue weighted by Gasteiger charge is 2.11. The van der Waals surface area contributed by atoms with Crippen molar-refractivity contribution in [1.82, 2.24) is 10.1 Å². The van der Waals surface area contributed by atoms with Crippen LogP contribution in [0.1, 0.15) is 17.3 Å². The monoisotopic (exact) mass is 324 g/mol. The SMILES string of the molecule is COCC(=O)Cc1nc(Cc2cccc(Br)c2)no1. The molecule has 0 aliphatic rings. The fourth-order valence-corrected chi connectivity index (χ4v) is 2.09. The van der Waals surface area contributed by atoms with Crippen LogP contribution in [0.2, 0.25) is 0 Å². The van der Waals surface area contributed by atoms with Crippen molar-refractivity contribution in [2.75, 3.05) is 13.7 Å². The third kappa shape index (κ3) is 4.25. The van der Waals surface area contributed by atoms with Crippen LogP contribution in [-0.4, -0.2) is 29.6 Å². The second-order valence-electron chi connectivity index (χ2n) is 4.06. The molecule has 0 amide bonds. The zero-order valence-electron chi connectivity index (χ0n) is 10.4. The summed E-state index contributed by atoms with van der Waals surface area (Å²) in [6.07, 6.45) is 0.681. The number of ketones is 1. The lowest BCUT2D eigenvalue weighted by atomic mass is 10.1. The van der Waals surface area contributed by atoms with Crippen molar-refractivity contribution in [1.29, 1.82) is 0 Å². The Kier molecular flexibility index (Phi) is 4.81. The molecule has 19 heavy (non-hydrogen) atoms. The Hall–Kier alpha value is -1.53. The number of aromatic nitrogens is 2. The Morgan fingerprint density at radius 2 is 2.32 bits per heavy atom. The van der Waals surface area contributed by atoms with Gasteiger partial charge in [-0.1, -0.05) is 33.2 Å². The predicted octanol–water partition coefficient (Wildman–Crippen LogP) is 2.18. The Balaban J connectivity index is 1.99. The summed E-state index contributed by atoms with van der Waals surface area (Å²) in [6, 6.07) is 7.88. The first-order valence-electron chi connectivity index (χ1n) is 5.74. The zero-order valence-corrected chi connectivity index (χ0v) is 12.0. The number of methoxy groups -OCH3 is 1. The number of carbonyl (C=O) groups excluding carboxylic acids is 1. The first kappa shape index (κ1) is 13.9. The van der Waals surface area contributed by atoms with Crippen LogP contribution in [0.15, 0.2) is 33.3 Å². The first-order chi connectivity index (χ1) is 9.17. The lowest BCUT2D eigenvalue weighted by molar-refractivity contribution is -0.122. The van der Waals surface area contributed by atoms with E-state index in [-0.39, 0.29) is 18.8 Å². The number of hydrogen-bond donors (Lipinski definition) is 0. The Bertz CT molecular complexity index is 569. The molecule has 0 radical (unpaired) electrons. The third-order valence-corrected chi connectivity index (χ3v) is 2.91. The van der Waals surface area contributed by atoms with Gasteiger partial charge in [0, 0.05) is 18.0 Å². The third-order valence-electron chi connectivity index (χ3n) is 2.42. The van der Waals surface area contributed by atoms with E-state index in [9.17, 15) is 4.79 Å². The van der Waals surface area contributed by atoms with Gasteiger partial charge in [-0.25, -0.2) is 0 Å². The number of nitrogens with zero attached hydrogens (tertiary/aromatic N) is 2. The van der Waals surface area contributed by atoms with E-state index < -0.39 is 0 Å². The minimum Gasteiger partial charge on any atom is -0.377 e. The molecule has 2 aromatic rings. The topological polar surface area (TPSA) is 65.2 Å². The molecular formula is C13H13BrN2O3. The Labute approximate surface area is 119 Å². The molecular weight excluding hydrogens is 312 g/mol. The normalized spacial score (nSPS) is 10.6. The van der Waals surface area contributed by atoms with Gasteiger partial charge in [0.1, 0.15) is 6.61 Å². The van der Waals surface area contributed by atoms with E-state index in [4.69, 9.17) is 9.26 Å². The molecule has 0 aliphatic heterocycles. The summed E-state index contributed by atoms with van der Waals surface area (Å²) in [6.45, 7) is 0.0589. The number of halogens is 1. The highest BCUT2D eigenvalue weighted by molar-refractivity contribution is 9.10. The van der Waals surface area contributed by atoms with Gasteiger partial charge in [0.05, 0.1) is 6.42 Å². The van der Waals surface area contributed by atoms with Gasteiger partial charge in [-0.2, -0.15) is 4.98 Å². The van der Waals surface area contributed by atoms with Crippen LogP contribution in [0.4, 0.5) is 0 Å². The van der Waals surface area contributed by atoms with E-state index in [1.54, 1.807) is 0 Å². The number of hydrogen-bond acceptors (Lipinski definition) is 5. The van der Waals surface area contributed by atoms with Gasteiger partial charge in [0.2, 0.25) is 5.89 Å². The number of benzene rings is 1. The van der Waals surface area contributed by atoms with E-state index in [0.717, 1.165) is 10.0 Å². The predicted molar refractivity (Wildman–Crippen MR) is 71.8 cm³/mol. The summed E-state index contributed by atoms with van der Waals surface area (Å²) >= 11 is 3.41. The second-order valence-corrected chi connectivity index (χ2v) is 4.98. The van der Waals surface area contributed by atoms with Crippen molar-refractivity contribution in [3.8, 4) is 0 Å². The molecule has 0 fully saturated rings. The van der Waals surface area contributed by atoms with E-state index in [2.05, 4.69) is 26.1 Å². The van der Waals surface area contributed by atoms with Gasteiger partial charge in [-0.3, -0.25) is 4.79 Å². The maximum atomic E-state index is 11.4. The minimum atomic E-state index is -0.0832. The molecule has 6 heteroatoms. The molecule has 0 saturated heterocycles. The lowest BCUT2D eigenvalue weighted by Gasteiger charge is -1.97. The quantitative estimate of drug-likeness (QED) is 0.814. The van der Waals surface area contributed by atoms with Gasteiger partial charge in [0.15, 0.2) is 11.6 Å². The summed E-state index contributed by atoms with van der Waals surface area (Å²) < 4.78 is 10.8. The van der Waals surface area contributed by atoms with Crippen LogP contribution in [-0.2, 0) is 22.4 Å². The highest BCUT2D eigenvalue weighted by Crippen LogP contribution is 2.14. The second kappa shape index (κ2) is 6.58. The number of rotatable bonds is 6. The summed E-state index contributed by atoms with van der Waals surface area (Å²) in [5.41, 5.74) is 1.07. The maximum Gasteiger partial charge on any atom is 0.234 e. The van der Waals surface area contributed by atoms with Crippen molar-refractivity contribution in [2.45, 2.75) is 12.8 Å². The summed E-state index contributed by atoms with van der Waals surface area (Å²) in [4.78, 5) is 15.6. The van der Waals surface area contributed by atoms with Crippen molar-refractivity contribution in [3.05, 3.63) is 46.0 Å². The minimum absolute atomic E-state index is 0.0589. The van der Waals surface area contributed by atoms with Crippen molar-refractivity contribution >= 4 is 21.7 Å². The number of Topliss-reactive ketones (excluding diaryl/α,β-unsaturated/α-hetero) is 1. The van der Waals surface area contributed by atoms with Crippen molar-refractivity contribution < 1.29 is 14.1 Å². The first-order valence-corrected chi connectivity index (χ1v) is 6.53. The standard InChI is InChI=1S/C13H13BrN2O3/c1-18-8-11(17)7-13-15-12(16-19-13)6-9-3-2-4-10(14)5-9/h2-5H,6-8H2,1H3. The summed E-state index contributed by atoms with van der Waals surface area (Å²) in [5.74, 6) is 0.811. The van der Waals surface area contributed by atoms with E-state index >= 15 is 0 Å². The molecule has 0 spiro atoms. The van der Waals surface area contributed by atoms with Gasteiger partial charge >= 0.3 is 0 Å². The summed E-state index contributed by atoms with van der Waals surface area (Å²) in [5, 5.41) is 3.86. The zero-order chi connectivity index (χ0) is 13.7. The molecule has 0 N–H and O–H groups in total. The molecule has 0 unspecified atom stereocenters. The Morgan fingerprint density at radius 1 is 1.47 bits per heavy atom. The van der Waals surface area contributed by atoms with Gasteiger partial charge in [-0.15, -0.1) is 0 Å². The molecule has 5 nitrogen and oxygen atoms in total. The average Bonchev–Trinajstić information content (AvgIpc) is 2.76. The van der Waals surface area contributed by atoms with Crippen molar-refractivity contribution in [3.63, 3.8) is 0 Å². The molecule has 1 aromatic carbocycles. The number of ether oxygens (including phenoxy) is 1. The van der Waals surface area contributed by atoms with Gasteiger partial charge in [0.25, 0.3) is 0 Å². The molecule has 100 valence electrons. The average molecular weight is 325 g/mol. The van der Waals surface area contributed by atoms with Crippen molar-refractivity contribution in [2.24, 2.45) is 0 Å². The molecule has 0 aliphatic carbocycles. The fourth-order valence-electron chi connectivity index (χ4n) is 1.64. The largest absolute Gasteiger partial charge is 0.377 e. The van der Waals surface area contributed by atoms with Crippen LogP contribution in [0, 0.1) is 0 Å². The lowest BCUT2D eigenvalue weighted by Crippen LogP contribution is -2.09. The van der Waals surface area contributed by atoms with Gasteiger partial charge in [-0.05, 0) is 17.7 Å². The van der Waals surface area contributed by atoms with Crippen LogP contribution in [0.5, 0.6) is 0 Å². The number of carbonyl (C=O) groups is 1. The van der Waals surface area contributed by atoms with E-state index in [1.807, 2.05) is 24.3 Å². The van der Waals surface area contributed by atoms with Gasteiger partial charge < -0.3 is 9.26 Å². The summed E-state index contributed by atoms with van der Waals surface area (Å²) in [7, 11) is 1.48. The molecule has 0 saturated carbocycles. The molecule has 1 aromatic heterocycles. The van der Waals surface area contributed by atoms with E-state index in [0.29, 0.717) is 18.1 Å². The van der Waals surface area contributed by atoms with Crippen LogP contribution in [0.3, 0.4) is 0 Å². The molecule has 0 atom stereocenters. The molecule has 0 bridgehead atoms. The molecule has 1 heterocycles.